The molecule has 0 aromatic heterocycles. The summed E-state index contributed by atoms with van der Waals surface area (Å²) in [7, 11) is -1.28. The minimum atomic E-state index is -1.28. The van der Waals surface area contributed by atoms with Gasteiger partial charge in [0.05, 0.1) is 8.07 Å². The molecule has 1 saturated heterocycles. The van der Waals surface area contributed by atoms with E-state index in [1.165, 1.54) is 30.3 Å². The van der Waals surface area contributed by atoms with Crippen molar-refractivity contribution >= 4 is 8.07 Å². The smallest absolute Gasteiger partial charge is 0.0609 e. The highest BCUT2D eigenvalue weighted by Gasteiger charge is 2.64. The Balaban J connectivity index is 1.56. The molecule has 1 heteroatoms. The number of rotatable bonds is 2. The highest BCUT2D eigenvalue weighted by Crippen LogP contribution is 2.70. The summed E-state index contributed by atoms with van der Waals surface area (Å²) >= 11 is 0. The van der Waals surface area contributed by atoms with Gasteiger partial charge in [-0.25, -0.2) is 0 Å². The first kappa shape index (κ1) is 22.0. The van der Waals surface area contributed by atoms with Gasteiger partial charge in [-0.1, -0.05) is 86.2 Å². The summed E-state index contributed by atoms with van der Waals surface area (Å²) in [5, 5.41) is 0. The molecule has 0 aromatic rings. The van der Waals surface area contributed by atoms with Crippen LogP contribution in [0.15, 0.2) is 0 Å². The average Bonchev–Trinajstić information content (AvgIpc) is 3.39. The standard InChI is InChI=1S/C29H52Si/c1-17-10-11-18(2)26-24(17)15-21(5)28(26)30(12-8-9-13-30)29-22(6)16-25-20(4)14-19(3)23(7)27(25)29/h17-29H,8-16H2,1-7H3. The molecule has 0 nitrogen and oxygen atoms in total. The molecule has 5 rings (SSSR count). The van der Waals surface area contributed by atoms with Crippen molar-refractivity contribution in [3.05, 3.63) is 0 Å². The molecular weight excluding hydrogens is 376 g/mol. The molecule has 172 valence electrons. The van der Waals surface area contributed by atoms with Crippen molar-refractivity contribution in [1.82, 2.24) is 0 Å². The predicted octanol–water partition coefficient (Wildman–Crippen LogP) is 8.89. The molecule has 13 atom stereocenters. The van der Waals surface area contributed by atoms with Gasteiger partial charge in [-0.2, -0.15) is 0 Å². The molecule has 1 aliphatic heterocycles. The maximum atomic E-state index is 2.74. The van der Waals surface area contributed by atoms with E-state index in [9.17, 15) is 0 Å². The zero-order chi connectivity index (χ0) is 21.4. The van der Waals surface area contributed by atoms with Crippen LogP contribution < -0.4 is 0 Å². The zero-order valence-corrected chi connectivity index (χ0v) is 22.4. The second kappa shape index (κ2) is 7.91. The minimum absolute atomic E-state index is 0.962. The minimum Gasteiger partial charge on any atom is -0.0625 e. The molecule has 0 amide bonds. The molecule has 5 aliphatic rings. The van der Waals surface area contributed by atoms with Crippen LogP contribution in [0, 0.1) is 65.1 Å². The van der Waals surface area contributed by atoms with Gasteiger partial charge in [-0.15, -0.1) is 0 Å². The van der Waals surface area contributed by atoms with Crippen LogP contribution in [-0.4, -0.2) is 8.07 Å². The van der Waals surface area contributed by atoms with Crippen LogP contribution >= 0.6 is 0 Å². The van der Waals surface area contributed by atoms with Gasteiger partial charge in [0.2, 0.25) is 0 Å². The van der Waals surface area contributed by atoms with Crippen LogP contribution in [0.4, 0.5) is 0 Å². The average molecular weight is 429 g/mol. The van der Waals surface area contributed by atoms with Gasteiger partial charge in [0, 0.05) is 0 Å². The lowest BCUT2D eigenvalue weighted by Crippen LogP contribution is -2.52. The van der Waals surface area contributed by atoms with Crippen molar-refractivity contribution in [2.24, 2.45) is 65.1 Å². The fourth-order valence-electron chi connectivity index (χ4n) is 11.6. The monoisotopic (exact) mass is 428 g/mol. The summed E-state index contributed by atoms with van der Waals surface area (Å²) in [6, 6.07) is 3.44. The third kappa shape index (κ3) is 3.09. The van der Waals surface area contributed by atoms with Gasteiger partial charge in [-0.05, 0) is 95.4 Å². The molecule has 4 aliphatic carbocycles. The quantitative estimate of drug-likeness (QED) is 0.385. The van der Waals surface area contributed by atoms with Gasteiger partial charge < -0.3 is 0 Å². The number of fused-ring (bicyclic) bond motifs is 2. The molecule has 5 fully saturated rings. The second-order valence-electron chi connectivity index (χ2n) is 14.0. The van der Waals surface area contributed by atoms with E-state index < -0.39 is 8.07 Å². The summed E-state index contributed by atoms with van der Waals surface area (Å²) in [5.74, 6) is 11.4. The van der Waals surface area contributed by atoms with E-state index in [0.29, 0.717) is 0 Å². The Kier molecular flexibility index (Phi) is 5.81. The van der Waals surface area contributed by atoms with E-state index in [1.54, 1.807) is 37.8 Å². The van der Waals surface area contributed by atoms with Crippen LogP contribution in [0.5, 0.6) is 0 Å². The number of hydrogen-bond acceptors (Lipinski definition) is 0. The third-order valence-electron chi connectivity index (χ3n) is 12.6. The maximum absolute atomic E-state index is 2.74. The van der Waals surface area contributed by atoms with Crippen LogP contribution in [0.1, 0.15) is 93.4 Å². The summed E-state index contributed by atoms with van der Waals surface area (Å²) in [4.78, 5) is 0. The van der Waals surface area contributed by atoms with Gasteiger partial charge in [0.25, 0.3) is 0 Å². The molecule has 4 saturated carbocycles. The van der Waals surface area contributed by atoms with Gasteiger partial charge in [0.15, 0.2) is 0 Å². The Labute approximate surface area is 189 Å². The molecule has 0 radical (unpaired) electrons. The van der Waals surface area contributed by atoms with E-state index in [2.05, 4.69) is 48.5 Å². The van der Waals surface area contributed by atoms with Gasteiger partial charge in [0.1, 0.15) is 0 Å². The Morgan fingerprint density at radius 2 is 1.03 bits per heavy atom. The topological polar surface area (TPSA) is 0 Å². The lowest BCUT2D eigenvalue weighted by Gasteiger charge is -2.53. The maximum Gasteiger partial charge on any atom is 0.0609 e. The molecule has 0 bridgehead atoms. The van der Waals surface area contributed by atoms with Crippen molar-refractivity contribution in [2.75, 3.05) is 0 Å². The summed E-state index contributed by atoms with van der Waals surface area (Å²) in [5.41, 5.74) is 2.34. The SMILES string of the molecule is CC1CC(C)C2CC(C)C([Si]3(C4C(C)CC5C(C)CCC(C)C54)CCCC3)C2C1C. The van der Waals surface area contributed by atoms with Crippen molar-refractivity contribution in [3.8, 4) is 0 Å². The molecule has 30 heavy (non-hydrogen) atoms. The second-order valence-corrected chi connectivity index (χ2v) is 18.8. The fourth-order valence-corrected chi connectivity index (χ4v) is 20.6. The largest absolute Gasteiger partial charge is 0.0625 e. The highest BCUT2D eigenvalue weighted by molar-refractivity contribution is 6.83. The first-order valence-corrected chi connectivity index (χ1v) is 16.8. The predicted molar refractivity (Wildman–Crippen MR) is 133 cm³/mol. The molecule has 0 aromatic carbocycles. The van der Waals surface area contributed by atoms with Crippen LogP contribution in [-0.2, 0) is 0 Å². The lowest BCUT2D eigenvalue weighted by molar-refractivity contribution is 0.0829. The summed E-state index contributed by atoms with van der Waals surface area (Å²) in [6.45, 7) is 18.7. The molecule has 0 spiro atoms. The first-order chi connectivity index (χ1) is 14.3. The Hall–Kier alpha value is 0.217. The Morgan fingerprint density at radius 3 is 1.67 bits per heavy atom. The highest BCUT2D eigenvalue weighted by atomic mass is 28.3. The van der Waals surface area contributed by atoms with Crippen molar-refractivity contribution in [1.29, 1.82) is 0 Å². The van der Waals surface area contributed by atoms with E-state index in [0.717, 1.165) is 65.1 Å². The summed E-state index contributed by atoms with van der Waals surface area (Å²) in [6.07, 6.45) is 10.9. The van der Waals surface area contributed by atoms with Crippen molar-refractivity contribution in [3.63, 3.8) is 0 Å². The van der Waals surface area contributed by atoms with Gasteiger partial charge in [-0.3, -0.25) is 0 Å². The van der Waals surface area contributed by atoms with E-state index in [4.69, 9.17) is 0 Å². The van der Waals surface area contributed by atoms with E-state index >= 15 is 0 Å². The van der Waals surface area contributed by atoms with Gasteiger partial charge >= 0.3 is 0 Å². The molecule has 13 unspecified atom stereocenters. The van der Waals surface area contributed by atoms with E-state index in [1.807, 2.05) is 0 Å². The lowest BCUT2D eigenvalue weighted by atomic mass is 9.65. The Morgan fingerprint density at radius 1 is 0.500 bits per heavy atom. The number of hydrogen-bond donors (Lipinski definition) is 0. The molecule has 1 heterocycles. The summed E-state index contributed by atoms with van der Waals surface area (Å²) < 4.78 is 0. The fraction of sp³-hybridized carbons (Fsp3) is 1.00. The molecule has 0 N–H and O–H groups in total. The molecular formula is C29H52Si. The van der Waals surface area contributed by atoms with Crippen LogP contribution in [0.3, 0.4) is 0 Å². The van der Waals surface area contributed by atoms with Crippen LogP contribution in [0.25, 0.3) is 0 Å². The zero-order valence-electron chi connectivity index (χ0n) is 21.4. The van der Waals surface area contributed by atoms with Crippen molar-refractivity contribution < 1.29 is 0 Å². The first-order valence-electron chi connectivity index (χ1n) is 14.3. The van der Waals surface area contributed by atoms with E-state index in [-0.39, 0.29) is 0 Å². The Bertz CT molecular complexity index is 620. The van der Waals surface area contributed by atoms with Crippen LogP contribution in [0.2, 0.25) is 23.2 Å². The normalized spacial score (nSPS) is 57.9. The third-order valence-corrected chi connectivity index (χ3v) is 19.8. The van der Waals surface area contributed by atoms with Crippen molar-refractivity contribution in [2.45, 2.75) is 117 Å².